The number of H-pyrrole nitrogens is 1. The number of amides is 3. The number of Topliss-reactive ketones (excluding diaryl/α,β-unsaturated/α-hetero) is 4. The first-order chi connectivity index (χ1) is 34.8. The average molecular weight is 1020 g/mol. The van der Waals surface area contributed by atoms with E-state index in [-0.39, 0.29) is 139 Å². The number of rotatable bonds is 51. The maximum Gasteiger partial charge on any atom is 0.326 e. The molecule has 0 aliphatic carbocycles. The van der Waals surface area contributed by atoms with Crippen LogP contribution in [0.1, 0.15) is 167 Å². The molecule has 1 aromatic heterocycles. The summed E-state index contributed by atoms with van der Waals surface area (Å²) >= 11 is 0. The summed E-state index contributed by atoms with van der Waals surface area (Å²) in [5.74, 6) is -4.62. The second-order valence-electron chi connectivity index (χ2n) is 18.6. The molecule has 0 unspecified atom stereocenters. The Hall–Kier alpha value is -4.47. The van der Waals surface area contributed by atoms with Crippen LogP contribution in [0.2, 0.25) is 0 Å². The van der Waals surface area contributed by atoms with Gasteiger partial charge in [-0.3, -0.25) is 33.6 Å². The quantitative estimate of drug-likeness (QED) is 0.0437. The summed E-state index contributed by atoms with van der Waals surface area (Å²) in [5.41, 5.74) is 6.79. The first-order valence-corrected chi connectivity index (χ1v) is 26.5. The molecule has 0 aliphatic heterocycles. The SMILES string of the molecule is CCCCCCCCCCCCCCCC(=O)N[C@@H](CCC(=O)CCCOCCOCC(=O)NCCOCCOCC(=O)NCCCC[C@H](CC(=O)[C@@H](N)Cc1cnc[nH]1)C(=O)C[C@@H](CO)C(C)=O)C(=O)O. The number of hydrogen-bond acceptors (Lipinski definition) is 15. The third kappa shape index (κ3) is 36.4. The summed E-state index contributed by atoms with van der Waals surface area (Å²) in [6.07, 6.45) is 21.1. The zero-order valence-corrected chi connectivity index (χ0v) is 43.5. The fraction of sp³-hybridized carbons (Fsp3) is 0.788. The van der Waals surface area contributed by atoms with E-state index in [2.05, 4.69) is 32.8 Å². The van der Waals surface area contributed by atoms with Crippen molar-refractivity contribution in [2.75, 3.05) is 72.6 Å². The molecule has 3 amide bonds. The summed E-state index contributed by atoms with van der Waals surface area (Å²) in [5, 5.41) is 27.1. The number of nitrogens with zero attached hydrogens (tertiary/aromatic N) is 1. The first-order valence-electron chi connectivity index (χ1n) is 26.5. The Bertz CT molecular complexity index is 1650. The molecule has 0 aliphatic rings. The lowest BCUT2D eigenvalue weighted by molar-refractivity contribution is -0.142. The van der Waals surface area contributed by atoms with E-state index in [1.807, 2.05) is 0 Å². The summed E-state index contributed by atoms with van der Waals surface area (Å²) in [6.45, 7) is 4.54. The predicted octanol–water partition coefficient (Wildman–Crippen LogP) is 4.66. The number of aliphatic hydroxyl groups excluding tert-OH is 1. The minimum atomic E-state index is -1.15. The summed E-state index contributed by atoms with van der Waals surface area (Å²) in [7, 11) is 0. The summed E-state index contributed by atoms with van der Waals surface area (Å²) < 4.78 is 21.6. The summed E-state index contributed by atoms with van der Waals surface area (Å²) in [6, 6.07) is -1.93. The molecule has 0 saturated carbocycles. The van der Waals surface area contributed by atoms with Gasteiger partial charge in [0.25, 0.3) is 0 Å². The molecule has 0 aromatic carbocycles. The fourth-order valence-corrected chi connectivity index (χ4v) is 7.77. The number of carbonyl (C=O) groups is 8. The van der Waals surface area contributed by atoms with Crippen molar-refractivity contribution in [3.05, 3.63) is 18.2 Å². The number of nitrogens with two attached hydrogens (primary N) is 1. The second-order valence-corrected chi connectivity index (χ2v) is 18.6. The Morgan fingerprint density at radius 3 is 1.76 bits per heavy atom. The lowest BCUT2D eigenvalue weighted by Gasteiger charge is -2.19. The lowest BCUT2D eigenvalue weighted by atomic mass is 9.85. The number of unbranched alkanes of at least 4 members (excludes halogenated alkanes) is 13. The highest BCUT2D eigenvalue weighted by atomic mass is 16.5. The Kier molecular flexibility index (Phi) is 40.1. The molecule has 72 heavy (non-hydrogen) atoms. The van der Waals surface area contributed by atoms with Crippen molar-refractivity contribution in [2.45, 2.75) is 180 Å². The molecule has 0 radical (unpaired) electrons. The molecule has 1 aromatic rings. The van der Waals surface area contributed by atoms with Crippen LogP contribution in [0.3, 0.4) is 0 Å². The molecule has 20 heteroatoms. The third-order valence-electron chi connectivity index (χ3n) is 12.2. The monoisotopic (exact) mass is 1020 g/mol. The number of carbonyl (C=O) groups excluding carboxylic acids is 7. The van der Waals surface area contributed by atoms with Gasteiger partial charge >= 0.3 is 5.97 Å². The predicted molar refractivity (Wildman–Crippen MR) is 271 cm³/mol. The van der Waals surface area contributed by atoms with Crippen LogP contribution < -0.4 is 21.7 Å². The number of aromatic amines is 1. The van der Waals surface area contributed by atoms with Gasteiger partial charge in [0.2, 0.25) is 17.7 Å². The molecule has 412 valence electrons. The number of carboxylic acid groups (broad SMARTS) is 1. The normalized spacial score (nSPS) is 12.9. The standard InChI is InChI=1S/C52H90N6O14/c1-3-4-5-6-7-8-9-10-11-12-13-14-15-21-49(64)58-46(52(67)68)23-22-44(61)20-18-26-69-28-30-71-38-51(66)56-25-27-70-29-31-72-37-50(65)55-24-17-16-19-41(47(62)33-42(36-59)40(2)60)32-48(63)45(53)34-43-35-54-39-57-43/h35,39,41-42,45-46,59H,3-34,36-38,53H2,1-2H3,(H,54,57)(H,55,65)(H,56,66)(H,58,64)(H,67,68)/t41-,42+,45+,46+/m1/s1. The number of hydrogen-bond donors (Lipinski definition) is 7. The molecule has 0 fully saturated rings. The van der Waals surface area contributed by atoms with E-state index < -0.39 is 36.5 Å². The summed E-state index contributed by atoms with van der Waals surface area (Å²) in [4.78, 5) is 105. The number of ketones is 4. The van der Waals surface area contributed by atoms with Crippen LogP contribution in [-0.2, 0) is 63.7 Å². The Labute approximate surface area is 427 Å². The number of ether oxygens (including phenoxy) is 4. The molecule has 0 spiro atoms. The van der Waals surface area contributed by atoms with E-state index in [1.165, 1.54) is 71.0 Å². The van der Waals surface area contributed by atoms with E-state index >= 15 is 0 Å². The van der Waals surface area contributed by atoms with Gasteiger partial charge < -0.3 is 55.8 Å². The van der Waals surface area contributed by atoms with Gasteiger partial charge in [-0.15, -0.1) is 0 Å². The number of aliphatic hydroxyl groups is 1. The number of nitrogens with one attached hydrogen (secondary N) is 4. The van der Waals surface area contributed by atoms with Crippen molar-refractivity contribution < 1.29 is 67.5 Å². The first kappa shape index (κ1) is 65.5. The van der Waals surface area contributed by atoms with Crippen molar-refractivity contribution >= 4 is 46.8 Å². The van der Waals surface area contributed by atoms with Crippen molar-refractivity contribution in [3.8, 4) is 0 Å². The van der Waals surface area contributed by atoms with Crippen molar-refractivity contribution in [2.24, 2.45) is 17.6 Å². The van der Waals surface area contributed by atoms with Crippen LogP contribution >= 0.6 is 0 Å². The van der Waals surface area contributed by atoms with Gasteiger partial charge in [-0.25, -0.2) is 9.78 Å². The molecule has 0 saturated heterocycles. The Morgan fingerprint density at radius 1 is 0.625 bits per heavy atom. The van der Waals surface area contributed by atoms with Gasteiger partial charge in [0, 0.05) is 81.9 Å². The minimum absolute atomic E-state index is 0.0366. The van der Waals surface area contributed by atoms with Gasteiger partial charge in [0.15, 0.2) is 5.78 Å². The topological polar surface area (TPSA) is 305 Å². The highest BCUT2D eigenvalue weighted by molar-refractivity contribution is 5.93. The molecule has 0 bridgehead atoms. The maximum atomic E-state index is 13.1. The minimum Gasteiger partial charge on any atom is -0.480 e. The Morgan fingerprint density at radius 2 is 1.19 bits per heavy atom. The van der Waals surface area contributed by atoms with Crippen LogP contribution in [0, 0.1) is 11.8 Å². The Balaban J connectivity index is 2.05. The van der Waals surface area contributed by atoms with Crippen molar-refractivity contribution in [1.29, 1.82) is 0 Å². The van der Waals surface area contributed by atoms with Crippen LogP contribution in [0.25, 0.3) is 0 Å². The van der Waals surface area contributed by atoms with Crippen LogP contribution in [0.15, 0.2) is 12.5 Å². The molecule has 8 N–H and O–H groups in total. The van der Waals surface area contributed by atoms with Crippen LogP contribution in [0.5, 0.6) is 0 Å². The number of imidazole rings is 1. The highest BCUT2D eigenvalue weighted by Gasteiger charge is 2.28. The van der Waals surface area contributed by atoms with E-state index in [0.29, 0.717) is 44.5 Å². The highest BCUT2D eigenvalue weighted by Crippen LogP contribution is 2.21. The molecule has 1 heterocycles. The van der Waals surface area contributed by atoms with Crippen LogP contribution in [0.4, 0.5) is 0 Å². The number of aliphatic carboxylic acids is 1. The smallest absolute Gasteiger partial charge is 0.326 e. The molecular weight excluding hydrogens is 933 g/mol. The maximum absolute atomic E-state index is 13.1. The van der Waals surface area contributed by atoms with Gasteiger partial charge in [-0.05, 0) is 39.0 Å². The van der Waals surface area contributed by atoms with E-state index in [0.717, 1.165) is 25.7 Å². The van der Waals surface area contributed by atoms with E-state index in [9.17, 15) is 48.6 Å². The molecule has 4 atom stereocenters. The average Bonchev–Trinajstić information content (AvgIpc) is 3.87. The molecule has 1 rings (SSSR count). The molecular formula is C52H90N6O14. The lowest BCUT2D eigenvalue weighted by Crippen LogP contribution is -2.41. The third-order valence-corrected chi connectivity index (χ3v) is 12.2. The van der Waals surface area contributed by atoms with Gasteiger partial charge in [-0.1, -0.05) is 90.4 Å². The zero-order chi connectivity index (χ0) is 53.0. The molecule has 20 nitrogen and oxygen atoms in total. The van der Waals surface area contributed by atoms with Crippen molar-refractivity contribution in [3.63, 3.8) is 0 Å². The second kappa shape index (κ2) is 44.1. The van der Waals surface area contributed by atoms with E-state index in [4.69, 9.17) is 24.7 Å². The number of aromatic nitrogens is 2. The van der Waals surface area contributed by atoms with E-state index in [1.54, 1.807) is 6.20 Å². The van der Waals surface area contributed by atoms with Gasteiger partial charge in [0.05, 0.1) is 52.0 Å². The number of carboxylic acids is 1. The van der Waals surface area contributed by atoms with Crippen molar-refractivity contribution in [1.82, 2.24) is 25.9 Å². The van der Waals surface area contributed by atoms with Gasteiger partial charge in [0.1, 0.15) is 36.6 Å². The fourth-order valence-electron chi connectivity index (χ4n) is 7.77. The van der Waals surface area contributed by atoms with Crippen LogP contribution in [-0.4, -0.2) is 152 Å². The van der Waals surface area contributed by atoms with Gasteiger partial charge in [-0.2, -0.15) is 0 Å². The largest absolute Gasteiger partial charge is 0.480 e. The zero-order valence-electron chi connectivity index (χ0n) is 43.5.